The molecule has 0 bridgehead atoms. The van der Waals surface area contributed by atoms with Gasteiger partial charge in [0.15, 0.2) is 5.58 Å². The highest BCUT2D eigenvalue weighted by Gasteiger charge is 2.40. The molecule has 3 aromatic carbocycles. The standard InChI is InChI=1S/C33H33NO/c1-19-16-26-28(33(4,5)14-13-32(26,2)3)31-27(19)24-12-15-34-29(30(24)35-31)22-17-21-8-6-7-9-23(21)25(18-22)20-10-11-20/h6-9,12,15-18,20H,10-11,13-14H2,1-5H3. The van der Waals surface area contributed by atoms with Gasteiger partial charge in [-0.2, -0.15) is 0 Å². The first kappa shape index (κ1) is 21.2. The van der Waals surface area contributed by atoms with Gasteiger partial charge in [-0.1, -0.05) is 58.0 Å². The number of fused-ring (bicyclic) bond motifs is 6. The van der Waals surface area contributed by atoms with Gasteiger partial charge in [-0.05, 0) is 95.0 Å². The Labute approximate surface area is 207 Å². The molecule has 0 amide bonds. The fourth-order valence-corrected chi connectivity index (χ4v) is 6.58. The first-order valence-electron chi connectivity index (χ1n) is 13.1. The van der Waals surface area contributed by atoms with E-state index >= 15 is 0 Å². The maximum Gasteiger partial charge on any atom is 0.161 e. The van der Waals surface area contributed by atoms with Gasteiger partial charge in [-0.3, -0.25) is 4.98 Å². The van der Waals surface area contributed by atoms with Crippen molar-refractivity contribution >= 4 is 32.7 Å². The van der Waals surface area contributed by atoms with Crippen LogP contribution in [0.5, 0.6) is 0 Å². The summed E-state index contributed by atoms with van der Waals surface area (Å²) in [6.07, 6.45) is 6.90. The molecule has 1 fully saturated rings. The minimum Gasteiger partial charge on any atom is -0.453 e. The van der Waals surface area contributed by atoms with Crippen molar-refractivity contribution in [2.24, 2.45) is 0 Å². The van der Waals surface area contributed by atoms with Crippen LogP contribution in [-0.4, -0.2) is 4.98 Å². The summed E-state index contributed by atoms with van der Waals surface area (Å²) in [7, 11) is 0. The molecule has 0 radical (unpaired) electrons. The predicted molar refractivity (Wildman–Crippen MR) is 146 cm³/mol. The molecular formula is C33H33NO. The zero-order chi connectivity index (χ0) is 24.1. The molecule has 0 saturated heterocycles. The third kappa shape index (κ3) is 3.05. The number of aryl methyl sites for hydroxylation is 1. The van der Waals surface area contributed by atoms with E-state index < -0.39 is 0 Å². The second-order valence-electron chi connectivity index (χ2n) is 12.3. The van der Waals surface area contributed by atoms with Crippen molar-refractivity contribution in [3.63, 3.8) is 0 Å². The topological polar surface area (TPSA) is 26.0 Å². The Morgan fingerprint density at radius 2 is 1.63 bits per heavy atom. The number of furan rings is 1. The van der Waals surface area contributed by atoms with E-state index in [4.69, 9.17) is 9.40 Å². The van der Waals surface area contributed by atoms with E-state index in [1.54, 1.807) is 0 Å². The van der Waals surface area contributed by atoms with Crippen LogP contribution < -0.4 is 0 Å². The van der Waals surface area contributed by atoms with Crippen LogP contribution >= 0.6 is 0 Å². The summed E-state index contributed by atoms with van der Waals surface area (Å²) in [6, 6.07) is 18.0. The Balaban J connectivity index is 1.56. The van der Waals surface area contributed by atoms with Gasteiger partial charge in [0.1, 0.15) is 11.3 Å². The Hall–Kier alpha value is -3.13. The van der Waals surface area contributed by atoms with Crippen LogP contribution in [0.3, 0.4) is 0 Å². The molecule has 2 aromatic heterocycles. The van der Waals surface area contributed by atoms with E-state index in [-0.39, 0.29) is 10.8 Å². The number of hydrogen-bond acceptors (Lipinski definition) is 2. The maximum absolute atomic E-state index is 6.91. The lowest BCUT2D eigenvalue weighted by Gasteiger charge is -2.41. The van der Waals surface area contributed by atoms with Crippen LogP contribution in [0.2, 0.25) is 0 Å². The van der Waals surface area contributed by atoms with E-state index in [1.807, 2.05) is 6.20 Å². The smallest absolute Gasteiger partial charge is 0.161 e. The summed E-state index contributed by atoms with van der Waals surface area (Å²) in [4.78, 5) is 4.91. The highest BCUT2D eigenvalue weighted by molar-refractivity contribution is 6.12. The van der Waals surface area contributed by atoms with Gasteiger partial charge in [-0.25, -0.2) is 0 Å². The number of pyridine rings is 1. The number of aromatic nitrogens is 1. The Bertz CT molecular complexity index is 1660. The van der Waals surface area contributed by atoms with Crippen LogP contribution in [0, 0.1) is 6.92 Å². The molecule has 0 spiro atoms. The third-order valence-electron chi connectivity index (χ3n) is 8.82. The van der Waals surface area contributed by atoms with E-state index in [0.717, 1.165) is 16.9 Å². The monoisotopic (exact) mass is 459 g/mol. The minimum atomic E-state index is 0.0837. The van der Waals surface area contributed by atoms with Gasteiger partial charge in [-0.15, -0.1) is 0 Å². The number of nitrogens with zero attached hydrogens (tertiary/aromatic N) is 1. The molecule has 0 unspecified atom stereocenters. The fraction of sp³-hybridized carbons (Fsp3) is 0.364. The van der Waals surface area contributed by atoms with Gasteiger partial charge < -0.3 is 4.42 Å². The lowest BCUT2D eigenvalue weighted by Crippen LogP contribution is -2.34. The molecule has 1 saturated carbocycles. The average molecular weight is 460 g/mol. The summed E-state index contributed by atoms with van der Waals surface area (Å²) in [5.41, 5.74) is 9.99. The quantitative estimate of drug-likeness (QED) is 0.263. The SMILES string of the molecule is Cc1cc2c(c3oc4c(-c5cc(C6CC6)c6ccccc6c5)nccc4c13)C(C)(C)CCC2(C)C. The molecule has 176 valence electrons. The highest BCUT2D eigenvalue weighted by Crippen LogP contribution is 2.51. The molecule has 2 nitrogen and oxygen atoms in total. The molecule has 5 aromatic rings. The van der Waals surface area contributed by atoms with Crippen molar-refractivity contribution < 1.29 is 4.42 Å². The molecule has 7 rings (SSSR count). The van der Waals surface area contributed by atoms with Crippen LogP contribution in [-0.2, 0) is 10.8 Å². The molecule has 2 aliphatic rings. The Morgan fingerprint density at radius 1 is 0.857 bits per heavy atom. The molecular weight excluding hydrogens is 426 g/mol. The predicted octanol–water partition coefficient (Wildman–Crippen LogP) is 9.34. The lowest BCUT2D eigenvalue weighted by atomic mass is 9.62. The van der Waals surface area contributed by atoms with Crippen molar-refractivity contribution in [1.29, 1.82) is 0 Å². The first-order valence-corrected chi connectivity index (χ1v) is 13.1. The fourth-order valence-electron chi connectivity index (χ4n) is 6.58. The summed E-state index contributed by atoms with van der Waals surface area (Å²) >= 11 is 0. The van der Waals surface area contributed by atoms with Gasteiger partial charge in [0, 0.05) is 28.1 Å². The van der Waals surface area contributed by atoms with Crippen molar-refractivity contribution in [3.8, 4) is 11.3 Å². The molecule has 0 N–H and O–H groups in total. The van der Waals surface area contributed by atoms with E-state index in [0.29, 0.717) is 5.92 Å². The van der Waals surface area contributed by atoms with Crippen molar-refractivity contribution in [2.45, 2.75) is 77.0 Å². The van der Waals surface area contributed by atoms with E-state index in [9.17, 15) is 0 Å². The second-order valence-corrected chi connectivity index (χ2v) is 12.3. The maximum atomic E-state index is 6.91. The lowest BCUT2D eigenvalue weighted by molar-refractivity contribution is 0.331. The van der Waals surface area contributed by atoms with Gasteiger partial charge in [0.05, 0.1) is 0 Å². The number of rotatable bonds is 2. The second kappa shape index (κ2) is 6.97. The van der Waals surface area contributed by atoms with Crippen LogP contribution in [0.4, 0.5) is 0 Å². The normalized spacial score (nSPS) is 18.9. The van der Waals surface area contributed by atoms with Crippen molar-refractivity contribution in [3.05, 3.63) is 77.0 Å². The molecule has 0 aliphatic heterocycles. The molecule has 2 heterocycles. The van der Waals surface area contributed by atoms with Crippen LogP contribution in [0.1, 0.15) is 81.5 Å². The van der Waals surface area contributed by atoms with Gasteiger partial charge in [0.2, 0.25) is 0 Å². The first-order chi connectivity index (χ1) is 16.7. The molecule has 35 heavy (non-hydrogen) atoms. The third-order valence-corrected chi connectivity index (χ3v) is 8.82. The largest absolute Gasteiger partial charge is 0.453 e. The van der Waals surface area contributed by atoms with E-state index in [1.165, 1.54) is 75.0 Å². The summed E-state index contributed by atoms with van der Waals surface area (Å²) in [5.74, 6) is 0.673. The van der Waals surface area contributed by atoms with Crippen LogP contribution in [0.25, 0.3) is 44.0 Å². The average Bonchev–Trinajstić information content (AvgIpc) is 3.60. The number of hydrogen-bond donors (Lipinski definition) is 0. The van der Waals surface area contributed by atoms with Crippen molar-refractivity contribution in [1.82, 2.24) is 4.98 Å². The minimum absolute atomic E-state index is 0.0837. The zero-order valence-corrected chi connectivity index (χ0v) is 21.5. The van der Waals surface area contributed by atoms with Gasteiger partial charge in [0.25, 0.3) is 0 Å². The van der Waals surface area contributed by atoms with Crippen molar-refractivity contribution in [2.75, 3.05) is 0 Å². The van der Waals surface area contributed by atoms with E-state index in [2.05, 4.69) is 83.1 Å². The Kier molecular flexibility index (Phi) is 4.22. The summed E-state index contributed by atoms with van der Waals surface area (Å²) in [5, 5.41) is 5.12. The molecule has 2 aliphatic carbocycles. The molecule has 2 heteroatoms. The highest BCUT2D eigenvalue weighted by atomic mass is 16.3. The van der Waals surface area contributed by atoms with Crippen LogP contribution in [0.15, 0.2) is 59.1 Å². The molecule has 0 atom stereocenters. The number of benzene rings is 3. The summed E-state index contributed by atoms with van der Waals surface area (Å²) in [6.45, 7) is 11.8. The Morgan fingerprint density at radius 3 is 2.43 bits per heavy atom. The summed E-state index contributed by atoms with van der Waals surface area (Å²) < 4.78 is 6.91. The zero-order valence-electron chi connectivity index (χ0n) is 21.5. The van der Waals surface area contributed by atoms with Gasteiger partial charge >= 0.3 is 0 Å².